The molecule has 0 saturated carbocycles. The number of hydrogen-bond donors (Lipinski definition) is 0. The van der Waals surface area contributed by atoms with Crippen LogP contribution in [0.2, 0.25) is 0 Å². The Morgan fingerprint density at radius 2 is 1.62 bits per heavy atom. The molecular weight excluding hydrogens is 232 g/mol. The first-order chi connectivity index (χ1) is 6.36. The van der Waals surface area contributed by atoms with Crippen LogP contribution in [0.5, 0.6) is 0 Å². The monoisotopic (exact) mass is 236 g/mol. The van der Waals surface area contributed by atoms with Gasteiger partial charge in [-0.25, -0.2) is 19.9 Å². The van der Waals surface area contributed by atoms with Crippen molar-refractivity contribution in [2.75, 3.05) is 0 Å². The third-order valence-corrected chi connectivity index (χ3v) is 1.83. The van der Waals surface area contributed by atoms with E-state index in [9.17, 15) is 0 Å². The molecule has 2 heterocycles. The van der Waals surface area contributed by atoms with Crippen molar-refractivity contribution < 1.29 is 0 Å². The summed E-state index contributed by atoms with van der Waals surface area (Å²) in [5, 5.41) is 0. The highest BCUT2D eigenvalue weighted by Crippen LogP contribution is 2.10. The van der Waals surface area contributed by atoms with Crippen molar-refractivity contribution in [2.24, 2.45) is 0 Å². The van der Waals surface area contributed by atoms with Crippen LogP contribution >= 0.6 is 15.9 Å². The van der Waals surface area contributed by atoms with Crippen LogP contribution in [0.3, 0.4) is 0 Å². The summed E-state index contributed by atoms with van der Waals surface area (Å²) < 4.78 is 0.727. The summed E-state index contributed by atoms with van der Waals surface area (Å²) in [7, 11) is 0. The fraction of sp³-hybridized carbons (Fsp3) is 0. The van der Waals surface area contributed by atoms with Crippen LogP contribution in [-0.4, -0.2) is 19.9 Å². The van der Waals surface area contributed by atoms with Crippen LogP contribution in [0.25, 0.3) is 11.6 Å². The molecule has 0 radical (unpaired) electrons. The molecule has 0 spiro atoms. The SMILES string of the molecule is Brc1ccnc(-c2ncccn2)n1. The van der Waals surface area contributed by atoms with E-state index in [1.54, 1.807) is 30.7 Å². The molecule has 5 heteroatoms. The van der Waals surface area contributed by atoms with Gasteiger partial charge in [0.2, 0.25) is 0 Å². The van der Waals surface area contributed by atoms with E-state index in [0.717, 1.165) is 4.60 Å². The summed E-state index contributed by atoms with van der Waals surface area (Å²) in [4.78, 5) is 16.2. The Hall–Kier alpha value is -1.36. The number of rotatable bonds is 1. The Morgan fingerprint density at radius 3 is 2.31 bits per heavy atom. The summed E-state index contributed by atoms with van der Waals surface area (Å²) >= 11 is 3.25. The van der Waals surface area contributed by atoms with Gasteiger partial charge in [0, 0.05) is 18.6 Å². The van der Waals surface area contributed by atoms with Gasteiger partial charge in [-0.1, -0.05) is 0 Å². The van der Waals surface area contributed by atoms with Crippen molar-refractivity contribution in [1.82, 2.24) is 19.9 Å². The molecule has 0 amide bonds. The highest BCUT2D eigenvalue weighted by atomic mass is 79.9. The van der Waals surface area contributed by atoms with Gasteiger partial charge >= 0.3 is 0 Å². The van der Waals surface area contributed by atoms with E-state index in [0.29, 0.717) is 11.6 Å². The Morgan fingerprint density at radius 1 is 0.923 bits per heavy atom. The lowest BCUT2D eigenvalue weighted by Crippen LogP contribution is -1.93. The molecule has 2 rings (SSSR count). The predicted molar refractivity (Wildman–Crippen MR) is 50.8 cm³/mol. The molecule has 4 nitrogen and oxygen atoms in total. The second-order valence-corrected chi connectivity index (χ2v) is 3.09. The van der Waals surface area contributed by atoms with Crippen molar-refractivity contribution in [3.8, 4) is 11.6 Å². The third-order valence-electron chi connectivity index (χ3n) is 1.39. The second kappa shape index (κ2) is 3.57. The van der Waals surface area contributed by atoms with Crippen molar-refractivity contribution in [2.45, 2.75) is 0 Å². The molecule has 0 unspecified atom stereocenters. The Labute approximate surface area is 83.2 Å². The van der Waals surface area contributed by atoms with Crippen LogP contribution in [0, 0.1) is 0 Å². The Kier molecular flexibility index (Phi) is 2.27. The van der Waals surface area contributed by atoms with Gasteiger partial charge in [-0.3, -0.25) is 0 Å². The zero-order valence-corrected chi connectivity index (χ0v) is 8.14. The summed E-state index contributed by atoms with van der Waals surface area (Å²) in [6.07, 6.45) is 4.97. The zero-order valence-electron chi connectivity index (χ0n) is 6.55. The molecule has 64 valence electrons. The van der Waals surface area contributed by atoms with Gasteiger partial charge in [0.1, 0.15) is 4.60 Å². The number of aromatic nitrogens is 4. The van der Waals surface area contributed by atoms with Crippen LogP contribution in [0.15, 0.2) is 35.3 Å². The van der Waals surface area contributed by atoms with Crippen LogP contribution in [-0.2, 0) is 0 Å². The van der Waals surface area contributed by atoms with Gasteiger partial charge in [0.15, 0.2) is 11.6 Å². The molecule has 0 N–H and O–H groups in total. The highest BCUT2D eigenvalue weighted by Gasteiger charge is 2.02. The lowest BCUT2D eigenvalue weighted by Gasteiger charge is -1.96. The number of hydrogen-bond acceptors (Lipinski definition) is 4. The molecule has 2 aromatic rings. The van der Waals surface area contributed by atoms with Gasteiger partial charge in [-0.15, -0.1) is 0 Å². The summed E-state index contributed by atoms with van der Waals surface area (Å²) in [6.45, 7) is 0. The maximum atomic E-state index is 4.12. The topological polar surface area (TPSA) is 51.6 Å². The Balaban J connectivity index is 2.48. The number of halogens is 1. The van der Waals surface area contributed by atoms with Gasteiger partial charge in [0.05, 0.1) is 0 Å². The minimum Gasteiger partial charge on any atom is -0.234 e. The average Bonchev–Trinajstić information content (AvgIpc) is 2.19. The van der Waals surface area contributed by atoms with E-state index in [1.807, 2.05) is 0 Å². The summed E-state index contributed by atoms with van der Waals surface area (Å²) in [5.74, 6) is 1.05. The van der Waals surface area contributed by atoms with Crippen LogP contribution in [0.1, 0.15) is 0 Å². The lowest BCUT2D eigenvalue weighted by atomic mass is 10.5. The smallest absolute Gasteiger partial charge is 0.198 e. The van der Waals surface area contributed by atoms with E-state index < -0.39 is 0 Å². The second-order valence-electron chi connectivity index (χ2n) is 2.28. The summed E-state index contributed by atoms with van der Waals surface area (Å²) in [5.41, 5.74) is 0. The predicted octanol–water partition coefficient (Wildman–Crippen LogP) is 1.70. The fourth-order valence-electron chi connectivity index (χ4n) is 0.859. The fourth-order valence-corrected chi connectivity index (χ4v) is 1.15. The first-order valence-corrected chi connectivity index (χ1v) is 4.41. The highest BCUT2D eigenvalue weighted by molar-refractivity contribution is 9.10. The largest absolute Gasteiger partial charge is 0.234 e. The van der Waals surface area contributed by atoms with E-state index in [1.165, 1.54) is 0 Å². The molecular formula is C8H5BrN4. The minimum atomic E-state index is 0.523. The van der Waals surface area contributed by atoms with Crippen molar-refractivity contribution in [3.63, 3.8) is 0 Å². The summed E-state index contributed by atoms with van der Waals surface area (Å²) in [6, 6.07) is 3.51. The van der Waals surface area contributed by atoms with Gasteiger partial charge < -0.3 is 0 Å². The molecule has 0 saturated heterocycles. The van der Waals surface area contributed by atoms with Crippen molar-refractivity contribution in [1.29, 1.82) is 0 Å². The van der Waals surface area contributed by atoms with Crippen LogP contribution < -0.4 is 0 Å². The lowest BCUT2D eigenvalue weighted by molar-refractivity contribution is 1.07. The molecule has 0 fully saturated rings. The van der Waals surface area contributed by atoms with E-state index in [2.05, 4.69) is 35.9 Å². The molecule has 0 aliphatic heterocycles. The van der Waals surface area contributed by atoms with Crippen LogP contribution in [0.4, 0.5) is 0 Å². The zero-order chi connectivity index (χ0) is 9.10. The van der Waals surface area contributed by atoms with E-state index in [-0.39, 0.29) is 0 Å². The standard InChI is InChI=1S/C8H5BrN4/c9-6-2-5-12-8(13-6)7-10-3-1-4-11-7/h1-5H. The van der Waals surface area contributed by atoms with Gasteiger partial charge in [-0.2, -0.15) is 0 Å². The molecule has 0 atom stereocenters. The normalized spacial score (nSPS) is 9.92. The maximum Gasteiger partial charge on any atom is 0.198 e. The molecule has 0 aliphatic rings. The number of nitrogens with zero attached hydrogens (tertiary/aromatic N) is 4. The average molecular weight is 237 g/mol. The third kappa shape index (κ3) is 1.86. The molecule has 0 bridgehead atoms. The van der Waals surface area contributed by atoms with Crippen molar-refractivity contribution >= 4 is 15.9 Å². The van der Waals surface area contributed by atoms with Gasteiger partial charge in [0.25, 0.3) is 0 Å². The molecule has 0 aliphatic carbocycles. The molecule has 13 heavy (non-hydrogen) atoms. The van der Waals surface area contributed by atoms with E-state index >= 15 is 0 Å². The molecule has 2 aromatic heterocycles. The maximum absolute atomic E-state index is 4.12. The quantitative estimate of drug-likeness (QED) is 0.708. The Bertz CT molecular complexity index is 404. The van der Waals surface area contributed by atoms with Gasteiger partial charge in [-0.05, 0) is 28.1 Å². The first-order valence-electron chi connectivity index (χ1n) is 3.62. The molecule has 0 aromatic carbocycles. The first kappa shape index (κ1) is 8.25. The van der Waals surface area contributed by atoms with Crippen molar-refractivity contribution in [3.05, 3.63) is 35.3 Å². The minimum absolute atomic E-state index is 0.523. The van der Waals surface area contributed by atoms with E-state index in [4.69, 9.17) is 0 Å².